The van der Waals surface area contributed by atoms with Gasteiger partial charge < -0.3 is 5.11 Å². The number of hydrogen-bond donors (Lipinski definition) is 2. The first-order chi connectivity index (χ1) is 6.59. The Morgan fingerprint density at radius 3 is 3.00 bits per heavy atom. The van der Waals surface area contributed by atoms with Crippen molar-refractivity contribution in [3.8, 4) is 5.75 Å². The number of carbonyl (C=O) groups is 1. The van der Waals surface area contributed by atoms with E-state index in [0.29, 0.717) is 10.6 Å². The van der Waals surface area contributed by atoms with E-state index < -0.39 is 0 Å². The number of halogens is 1. The molecule has 74 valence electrons. The van der Waals surface area contributed by atoms with Gasteiger partial charge in [-0.1, -0.05) is 11.6 Å². The van der Waals surface area contributed by atoms with E-state index in [1.807, 2.05) is 0 Å². The Morgan fingerprint density at radius 1 is 1.64 bits per heavy atom. The van der Waals surface area contributed by atoms with Gasteiger partial charge in [0.25, 0.3) is 0 Å². The lowest BCUT2D eigenvalue weighted by molar-refractivity contribution is -0.118. The molecule has 0 unspecified atom stereocenters. The van der Waals surface area contributed by atoms with E-state index in [2.05, 4.69) is 10.5 Å². The van der Waals surface area contributed by atoms with Gasteiger partial charge in [-0.15, -0.1) is 0 Å². The van der Waals surface area contributed by atoms with Crippen molar-refractivity contribution in [2.24, 2.45) is 5.10 Å². The highest BCUT2D eigenvalue weighted by atomic mass is 35.5. The molecular weight excluding hydrogens is 204 g/mol. The lowest BCUT2D eigenvalue weighted by atomic mass is 10.2. The number of hydrogen-bond acceptors (Lipinski definition) is 3. The highest BCUT2D eigenvalue weighted by molar-refractivity contribution is 6.30. The fourth-order valence-electron chi connectivity index (χ4n) is 0.821. The molecule has 0 atom stereocenters. The molecule has 14 heavy (non-hydrogen) atoms. The topological polar surface area (TPSA) is 61.7 Å². The van der Waals surface area contributed by atoms with Crippen LogP contribution in [0.2, 0.25) is 5.02 Å². The number of hydrazone groups is 1. The highest BCUT2D eigenvalue weighted by Crippen LogP contribution is 2.19. The number of rotatable bonds is 2. The number of nitrogens with zero attached hydrogens (tertiary/aromatic N) is 1. The molecule has 0 bridgehead atoms. The zero-order valence-corrected chi connectivity index (χ0v) is 8.25. The molecule has 0 saturated heterocycles. The van der Waals surface area contributed by atoms with Gasteiger partial charge >= 0.3 is 0 Å². The molecule has 0 fully saturated rings. The van der Waals surface area contributed by atoms with Gasteiger partial charge in [-0.25, -0.2) is 5.43 Å². The van der Waals surface area contributed by atoms with Crippen molar-refractivity contribution >= 4 is 23.7 Å². The third kappa shape index (κ3) is 3.06. The Labute approximate surface area is 86.2 Å². The predicted molar refractivity (Wildman–Crippen MR) is 54.5 cm³/mol. The average Bonchev–Trinajstić information content (AvgIpc) is 2.10. The number of amides is 1. The summed E-state index contributed by atoms with van der Waals surface area (Å²) < 4.78 is 0. The van der Waals surface area contributed by atoms with Gasteiger partial charge in [-0.3, -0.25) is 4.79 Å². The molecule has 1 aromatic rings. The van der Waals surface area contributed by atoms with E-state index in [4.69, 9.17) is 11.6 Å². The Hall–Kier alpha value is -1.55. The van der Waals surface area contributed by atoms with Crippen molar-refractivity contribution in [3.63, 3.8) is 0 Å². The second-order valence-corrected chi connectivity index (χ2v) is 3.07. The van der Waals surface area contributed by atoms with Gasteiger partial charge in [-0.2, -0.15) is 5.10 Å². The van der Waals surface area contributed by atoms with Gasteiger partial charge in [-0.05, 0) is 18.2 Å². The van der Waals surface area contributed by atoms with Crippen LogP contribution in [0.4, 0.5) is 0 Å². The largest absolute Gasteiger partial charge is 0.507 e. The lowest BCUT2D eigenvalue weighted by Crippen LogP contribution is -2.12. The summed E-state index contributed by atoms with van der Waals surface area (Å²) in [5.41, 5.74) is 2.67. The first kappa shape index (κ1) is 10.5. The molecule has 0 saturated carbocycles. The van der Waals surface area contributed by atoms with Crippen LogP contribution in [-0.2, 0) is 4.79 Å². The lowest BCUT2D eigenvalue weighted by Gasteiger charge is -1.98. The van der Waals surface area contributed by atoms with E-state index in [9.17, 15) is 9.90 Å². The summed E-state index contributed by atoms with van der Waals surface area (Å²) in [5, 5.41) is 13.4. The zero-order valence-electron chi connectivity index (χ0n) is 7.49. The van der Waals surface area contributed by atoms with Gasteiger partial charge in [0.2, 0.25) is 5.91 Å². The van der Waals surface area contributed by atoms with Gasteiger partial charge in [0.15, 0.2) is 0 Å². The summed E-state index contributed by atoms with van der Waals surface area (Å²) in [6.45, 7) is 1.34. The standard InChI is InChI=1S/C9H9ClN2O2/c1-6(13)12-11-5-7-4-8(10)2-3-9(7)14/h2-5,14H,1H3,(H,12,13)/b11-5-. The molecule has 0 aromatic heterocycles. The number of nitrogens with one attached hydrogen (secondary N) is 1. The molecule has 0 aliphatic heterocycles. The molecule has 1 amide bonds. The summed E-state index contributed by atoms with van der Waals surface area (Å²) in [7, 11) is 0. The normalized spacial score (nSPS) is 10.4. The number of phenolic OH excluding ortho intramolecular Hbond substituents is 1. The van der Waals surface area contributed by atoms with Crippen molar-refractivity contribution in [2.45, 2.75) is 6.92 Å². The molecular formula is C9H9ClN2O2. The maximum absolute atomic E-state index is 10.5. The summed E-state index contributed by atoms with van der Waals surface area (Å²) in [5.74, 6) is -0.216. The van der Waals surface area contributed by atoms with Crippen LogP contribution in [0.15, 0.2) is 23.3 Å². The minimum Gasteiger partial charge on any atom is -0.507 e. The third-order valence-electron chi connectivity index (χ3n) is 1.42. The minimum absolute atomic E-state index is 0.0588. The molecule has 1 rings (SSSR count). The SMILES string of the molecule is CC(=O)N/N=C\c1cc(Cl)ccc1O. The number of aromatic hydroxyl groups is 1. The van der Waals surface area contributed by atoms with Crippen molar-refractivity contribution < 1.29 is 9.90 Å². The fraction of sp³-hybridized carbons (Fsp3) is 0.111. The summed E-state index contributed by atoms with van der Waals surface area (Å²) in [4.78, 5) is 10.5. The predicted octanol–water partition coefficient (Wildman–Crippen LogP) is 1.52. The third-order valence-corrected chi connectivity index (χ3v) is 1.65. The molecule has 4 nitrogen and oxygen atoms in total. The van der Waals surface area contributed by atoms with E-state index >= 15 is 0 Å². The van der Waals surface area contributed by atoms with Crippen LogP contribution in [0.25, 0.3) is 0 Å². The molecule has 0 aliphatic rings. The molecule has 0 aliphatic carbocycles. The zero-order chi connectivity index (χ0) is 10.6. The van der Waals surface area contributed by atoms with Crippen molar-refractivity contribution in [2.75, 3.05) is 0 Å². The first-order valence-electron chi connectivity index (χ1n) is 3.88. The Morgan fingerprint density at radius 2 is 2.36 bits per heavy atom. The molecule has 0 heterocycles. The first-order valence-corrected chi connectivity index (χ1v) is 4.25. The average molecular weight is 213 g/mol. The summed E-state index contributed by atoms with van der Waals surface area (Å²) in [6, 6.07) is 4.56. The maximum atomic E-state index is 10.5. The number of benzene rings is 1. The fourth-order valence-corrected chi connectivity index (χ4v) is 1.00. The van der Waals surface area contributed by atoms with Crippen molar-refractivity contribution in [3.05, 3.63) is 28.8 Å². The monoisotopic (exact) mass is 212 g/mol. The van der Waals surface area contributed by atoms with Crippen LogP contribution in [0, 0.1) is 0 Å². The van der Waals surface area contributed by atoms with Crippen LogP contribution in [-0.4, -0.2) is 17.2 Å². The van der Waals surface area contributed by atoms with E-state index in [-0.39, 0.29) is 11.7 Å². The van der Waals surface area contributed by atoms with E-state index in [0.717, 1.165) is 0 Å². The van der Waals surface area contributed by atoms with Crippen LogP contribution in [0.3, 0.4) is 0 Å². The quantitative estimate of drug-likeness (QED) is 0.577. The second kappa shape index (κ2) is 4.62. The Bertz CT molecular complexity index is 377. The number of phenols is 1. The molecule has 1 aromatic carbocycles. The second-order valence-electron chi connectivity index (χ2n) is 2.63. The van der Waals surface area contributed by atoms with E-state index in [1.165, 1.54) is 19.2 Å². The molecule has 5 heteroatoms. The van der Waals surface area contributed by atoms with Gasteiger partial charge in [0, 0.05) is 17.5 Å². The van der Waals surface area contributed by atoms with Crippen LogP contribution in [0.5, 0.6) is 5.75 Å². The Kier molecular flexibility index (Phi) is 3.48. The van der Waals surface area contributed by atoms with Crippen molar-refractivity contribution in [1.82, 2.24) is 5.43 Å². The van der Waals surface area contributed by atoms with Crippen molar-refractivity contribution in [1.29, 1.82) is 0 Å². The maximum Gasteiger partial charge on any atom is 0.236 e. The van der Waals surface area contributed by atoms with Crippen LogP contribution < -0.4 is 5.43 Å². The minimum atomic E-state index is -0.275. The number of carbonyl (C=O) groups excluding carboxylic acids is 1. The molecule has 0 spiro atoms. The van der Waals surface area contributed by atoms with E-state index in [1.54, 1.807) is 12.1 Å². The summed E-state index contributed by atoms with van der Waals surface area (Å²) >= 11 is 5.70. The van der Waals surface area contributed by atoms with Gasteiger partial charge in [0.1, 0.15) is 5.75 Å². The highest BCUT2D eigenvalue weighted by Gasteiger charge is 1.98. The van der Waals surface area contributed by atoms with Crippen LogP contribution >= 0.6 is 11.6 Å². The smallest absolute Gasteiger partial charge is 0.236 e. The Balaban J connectivity index is 2.80. The molecule has 2 N–H and O–H groups in total. The van der Waals surface area contributed by atoms with Crippen LogP contribution in [0.1, 0.15) is 12.5 Å². The molecule has 0 radical (unpaired) electrons. The van der Waals surface area contributed by atoms with Gasteiger partial charge in [0.05, 0.1) is 6.21 Å². The summed E-state index contributed by atoms with van der Waals surface area (Å²) in [6.07, 6.45) is 1.32.